The van der Waals surface area contributed by atoms with E-state index in [4.69, 9.17) is 4.74 Å². The number of nitrogens with one attached hydrogen (secondary N) is 1. The number of fused-ring (bicyclic) bond motifs is 1. The maximum Gasteiger partial charge on any atom is 0.254 e. The van der Waals surface area contributed by atoms with Crippen LogP contribution in [0.4, 0.5) is 0 Å². The summed E-state index contributed by atoms with van der Waals surface area (Å²) in [7, 11) is 1.65. The number of ether oxygens (including phenoxy) is 1. The van der Waals surface area contributed by atoms with E-state index in [1.54, 1.807) is 7.11 Å². The van der Waals surface area contributed by atoms with Gasteiger partial charge in [-0.15, -0.1) is 0 Å². The average molecular weight is 373 g/mol. The molecular weight excluding hydrogens is 340 g/mol. The summed E-state index contributed by atoms with van der Waals surface area (Å²) in [5, 5.41) is 3.16. The zero-order valence-electron chi connectivity index (χ0n) is 16.8. The highest BCUT2D eigenvalue weighted by Crippen LogP contribution is 2.50. The second-order valence-corrected chi connectivity index (χ2v) is 8.25. The molecule has 0 saturated heterocycles. The topological polar surface area (TPSA) is 58.6 Å². The number of rotatable bonds is 7. The summed E-state index contributed by atoms with van der Waals surface area (Å²) in [5.74, 6) is 0.331. The summed E-state index contributed by atoms with van der Waals surface area (Å²) in [6.07, 6.45) is 4.81. The van der Waals surface area contributed by atoms with E-state index in [1.807, 2.05) is 29.2 Å². The Labute approximate surface area is 162 Å². The predicted octanol–water partition coefficient (Wildman–Crippen LogP) is 3.35. The highest BCUT2D eigenvalue weighted by atomic mass is 16.5. The van der Waals surface area contributed by atoms with Crippen molar-refractivity contribution in [2.45, 2.75) is 57.4 Å². The minimum Gasteiger partial charge on any atom is -0.383 e. The van der Waals surface area contributed by atoms with Crippen molar-refractivity contribution in [3.8, 4) is 0 Å². The molecule has 0 radical (unpaired) electrons. The van der Waals surface area contributed by atoms with Gasteiger partial charge in [0.05, 0.1) is 18.1 Å². The lowest BCUT2D eigenvalue weighted by Gasteiger charge is -2.50. The number of carbonyl (C=O) groups is 2. The van der Waals surface area contributed by atoms with E-state index in [0.717, 1.165) is 37.7 Å². The van der Waals surface area contributed by atoms with E-state index in [9.17, 15) is 9.59 Å². The monoisotopic (exact) mass is 372 g/mol. The number of nitrogens with zero attached hydrogens (tertiary/aromatic N) is 1. The van der Waals surface area contributed by atoms with E-state index >= 15 is 0 Å². The SMILES string of the molecule is COCCN1C(=O)c2ccccc2[C@@H](C(=O)NCCC(C)C)C12CCCC2. The number of amides is 2. The first kappa shape index (κ1) is 19.9. The van der Waals surface area contributed by atoms with Crippen LogP contribution in [0.15, 0.2) is 24.3 Å². The molecule has 5 nitrogen and oxygen atoms in total. The van der Waals surface area contributed by atoms with Gasteiger partial charge in [-0.1, -0.05) is 44.9 Å². The molecule has 1 fully saturated rings. The molecule has 1 N–H and O–H groups in total. The fraction of sp³-hybridized carbons (Fsp3) is 0.636. The van der Waals surface area contributed by atoms with Crippen LogP contribution in [0, 0.1) is 5.92 Å². The zero-order chi connectivity index (χ0) is 19.4. The normalized spacial score (nSPS) is 21.0. The van der Waals surface area contributed by atoms with Crippen LogP contribution in [0.25, 0.3) is 0 Å². The van der Waals surface area contributed by atoms with Crippen molar-refractivity contribution in [3.05, 3.63) is 35.4 Å². The van der Waals surface area contributed by atoms with Crippen LogP contribution in [0.1, 0.15) is 67.8 Å². The van der Waals surface area contributed by atoms with Gasteiger partial charge in [0.2, 0.25) is 5.91 Å². The highest BCUT2D eigenvalue weighted by molar-refractivity contribution is 6.02. The number of hydrogen-bond acceptors (Lipinski definition) is 3. The number of hydrogen-bond donors (Lipinski definition) is 1. The summed E-state index contributed by atoms with van der Waals surface area (Å²) < 4.78 is 5.28. The zero-order valence-corrected chi connectivity index (χ0v) is 16.8. The van der Waals surface area contributed by atoms with Gasteiger partial charge in [0.1, 0.15) is 0 Å². The Kier molecular flexibility index (Phi) is 6.20. The van der Waals surface area contributed by atoms with Crippen molar-refractivity contribution in [1.29, 1.82) is 0 Å². The molecule has 3 rings (SSSR count). The first-order chi connectivity index (χ1) is 13.0. The van der Waals surface area contributed by atoms with Crippen molar-refractivity contribution >= 4 is 11.8 Å². The minimum atomic E-state index is -0.425. The second kappa shape index (κ2) is 8.42. The van der Waals surface area contributed by atoms with Crippen LogP contribution >= 0.6 is 0 Å². The van der Waals surface area contributed by atoms with E-state index in [-0.39, 0.29) is 17.7 Å². The van der Waals surface area contributed by atoms with Crippen molar-refractivity contribution < 1.29 is 14.3 Å². The van der Waals surface area contributed by atoms with Gasteiger partial charge in [-0.3, -0.25) is 9.59 Å². The van der Waals surface area contributed by atoms with Crippen LogP contribution in [-0.2, 0) is 9.53 Å². The molecule has 1 aromatic rings. The molecule has 1 aliphatic carbocycles. The van der Waals surface area contributed by atoms with E-state index in [2.05, 4.69) is 19.2 Å². The standard InChI is InChI=1S/C22H32N2O3/c1-16(2)10-13-23-20(25)19-17-8-4-5-9-18(17)21(26)24(14-15-27-3)22(19)11-6-7-12-22/h4-5,8-9,16,19H,6-7,10-15H2,1-3H3,(H,23,25)/t19-/m0/s1. The van der Waals surface area contributed by atoms with Crippen LogP contribution in [-0.4, -0.2) is 49.1 Å². The first-order valence-electron chi connectivity index (χ1n) is 10.2. The van der Waals surface area contributed by atoms with Crippen molar-refractivity contribution in [3.63, 3.8) is 0 Å². The number of methoxy groups -OCH3 is 1. The molecule has 1 spiro atoms. The smallest absolute Gasteiger partial charge is 0.254 e. The summed E-state index contributed by atoms with van der Waals surface area (Å²) >= 11 is 0. The van der Waals surface area contributed by atoms with Crippen molar-refractivity contribution in [1.82, 2.24) is 10.2 Å². The van der Waals surface area contributed by atoms with E-state index in [1.165, 1.54) is 0 Å². The maximum atomic E-state index is 13.3. The Balaban J connectivity index is 1.99. The molecule has 2 aliphatic rings. The quantitative estimate of drug-likeness (QED) is 0.798. The fourth-order valence-electron chi connectivity index (χ4n) is 4.76. The predicted molar refractivity (Wildman–Crippen MR) is 106 cm³/mol. The molecule has 0 aromatic heterocycles. The third-order valence-corrected chi connectivity index (χ3v) is 6.09. The summed E-state index contributed by atoms with van der Waals surface area (Å²) in [5.41, 5.74) is 1.13. The Morgan fingerprint density at radius 3 is 2.67 bits per heavy atom. The van der Waals surface area contributed by atoms with Gasteiger partial charge in [0.15, 0.2) is 0 Å². The number of carbonyl (C=O) groups excluding carboxylic acids is 2. The Bertz CT molecular complexity index is 680. The molecule has 0 bridgehead atoms. The highest BCUT2D eigenvalue weighted by Gasteiger charge is 2.55. The van der Waals surface area contributed by atoms with Gasteiger partial charge in [-0.25, -0.2) is 0 Å². The molecule has 27 heavy (non-hydrogen) atoms. The molecule has 1 heterocycles. The molecule has 5 heteroatoms. The van der Waals surface area contributed by atoms with Crippen LogP contribution in [0.3, 0.4) is 0 Å². The molecule has 1 saturated carbocycles. The van der Waals surface area contributed by atoms with Crippen LogP contribution in [0.2, 0.25) is 0 Å². The summed E-state index contributed by atoms with van der Waals surface area (Å²) in [6, 6.07) is 7.64. The Morgan fingerprint density at radius 1 is 1.30 bits per heavy atom. The van der Waals surface area contributed by atoms with Gasteiger partial charge < -0.3 is 15.0 Å². The molecule has 1 aliphatic heterocycles. The van der Waals surface area contributed by atoms with Crippen LogP contribution < -0.4 is 5.32 Å². The van der Waals surface area contributed by atoms with E-state index < -0.39 is 5.54 Å². The Morgan fingerprint density at radius 2 is 2.00 bits per heavy atom. The Hall–Kier alpha value is -1.88. The largest absolute Gasteiger partial charge is 0.383 e. The summed E-state index contributed by atoms with van der Waals surface area (Å²) in [6.45, 7) is 6.01. The molecule has 0 unspecified atom stereocenters. The second-order valence-electron chi connectivity index (χ2n) is 8.25. The van der Waals surface area contributed by atoms with Crippen molar-refractivity contribution in [2.75, 3.05) is 26.8 Å². The lowest BCUT2D eigenvalue weighted by atomic mass is 9.71. The molecule has 148 valence electrons. The summed E-state index contributed by atoms with van der Waals surface area (Å²) in [4.78, 5) is 28.6. The molecule has 1 atom stereocenters. The van der Waals surface area contributed by atoms with Gasteiger partial charge in [-0.2, -0.15) is 0 Å². The van der Waals surface area contributed by atoms with Gasteiger partial charge in [-0.05, 0) is 36.8 Å². The lowest BCUT2D eigenvalue weighted by Crippen LogP contribution is -2.61. The average Bonchev–Trinajstić information content (AvgIpc) is 3.11. The molecule has 2 amide bonds. The number of benzene rings is 1. The van der Waals surface area contributed by atoms with Gasteiger partial charge in [0, 0.05) is 25.8 Å². The van der Waals surface area contributed by atoms with Gasteiger partial charge in [0.25, 0.3) is 5.91 Å². The van der Waals surface area contributed by atoms with Crippen LogP contribution in [0.5, 0.6) is 0 Å². The minimum absolute atomic E-state index is 0.0378. The third kappa shape index (κ3) is 3.75. The molecule has 1 aromatic carbocycles. The molecular formula is C22H32N2O3. The lowest BCUT2D eigenvalue weighted by molar-refractivity contribution is -0.126. The van der Waals surface area contributed by atoms with E-state index in [0.29, 0.717) is 31.2 Å². The fourth-order valence-corrected chi connectivity index (χ4v) is 4.76. The first-order valence-corrected chi connectivity index (χ1v) is 10.2. The maximum absolute atomic E-state index is 13.3. The third-order valence-electron chi connectivity index (χ3n) is 6.09. The van der Waals surface area contributed by atoms with Crippen molar-refractivity contribution in [2.24, 2.45) is 5.92 Å². The van der Waals surface area contributed by atoms with Gasteiger partial charge >= 0.3 is 0 Å².